The summed E-state index contributed by atoms with van der Waals surface area (Å²) in [4.78, 5) is 6.91. The van der Waals surface area contributed by atoms with E-state index in [1.54, 1.807) is 0 Å². The van der Waals surface area contributed by atoms with Gasteiger partial charge < -0.3 is 14.4 Å². The monoisotopic (exact) mass is 326 g/mol. The van der Waals surface area contributed by atoms with Crippen LogP contribution in [0.2, 0.25) is 0 Å². The molecule has 4 heteroatoms. The topological polar surface area (TPSA) is 34.6 Å². The van der Waals surface area contributed by atoms with E-state index < -0.39 is 0 Å². The predicted octanol–water partition coefficient (Wildman–Crippen LogP) is 3.61. The van der Waals surface area contributed by atoms with Crippen LogP contribution in [-0.4, -0.2) is 37.9 Å². The fourth-order valence-electron chi connectivity index (χ4n) is 3.00. The van der Waals surface area contributed by atoms with E-state index in [1.165, 1.54) is 16.8 Å². The normalized spacial score (nSPS) is 16.2. The second-order valence-corrected chi connectivity index (χ2v) is 6.13. The lowest BCUT2D eigenvalue weighted by Crippen LogP contribution is -2.36. The maximum Gasteiger partial charge on any atom is 0.0966 e. The van der Waals surface area contributed by atoms with E-state index in [1.807, 2.05) is 20.0 Å². The predicted molar refractivity (Wildman–Crippen MR) is 96.6 cm³/mol. The van der Waals surface area contributed by atoms with Crippen LogP contribution in [0.15, 0.2) is 42.6 Å². The van der Waals surface area contributed by atoms with Gasteiger partial charge in [-0.25, -0.2) is 0 Å². The number of hydrogen-bond donors (Lipinski definition) is 0. The minimum atomic E-state index is 0.0526. The van der Waals surface area contributed by atoms with Crippen molar-refractivity contribution in [3.8, 4) is 0 Å². The number of rotatable bonds is 6. The number of ether oxygens (including phenoxy) is 2. The molecule has 0 N–H and O–H groups in total. The summed E-state index contributed by atoms with van der Waals surface area (Å²) < 4.78 is 11.0. The second-order valence-electron chi connectivity index (χ2n) is 6.13. The van der Waals surface area contributed by atoms with Gasteiger partial charge in [0, 0.05) is 31.6 Å². The van der Waals surface area contributed by atoms with Crippen LogP contribution < -0.4 is 4.90 Å². The molecular formula is C20H26N2O2. The Labute approximate surface area is 144 Å². The molecule has 1 aliphatic heterocycles. The highest BCUT2D eigenvalue weighted by atomic mass is 16.5. The molecule has 3 rings (SSSR count). The number of hydrogen-bond acceptors (Lipinski definition) is 4. The SMILES string of the molecule is CCOC(C)c1ccc(Cc2ccc(N3CCOCC3)cc2)cn1. The van der Waals surface area contributed by atoms with Gasteiger partial charge in [-0.15, -0.1) is 0 Å². The Hall–Kier alpha value is -1.91. The van der Waals surface area contributed by atoms with Crippen molar-refractivity contribution < 1.29 is 9.47 Å². The fourth-order valence-corrected chi connectivity index (χ4v) is 3.00. The van der Waals surface area contributed by atoms with E-state index in [0.717, 1.165) is 38.4 Å². The summed E-state index contributed by atoms with van der Waals surface area (Å²) in [5.41, 5.74) is 4.80. The lowest BCUT2D eigenvalue weighted by Gasteiger charge is -2.28. The van der Waals surface area contributed by atoms with Crippen molar-refractivity contribution in [2.75, 3.05) is 37.8 Å². The van der Waals surface area contributed by atoms with Gasteiger partial charge in [0.15, 0.2) is 0 Å². The van der Waals surface area contributed by atoms with Gasteiger partial charge in [-0.2, -0.15) is 0 Å². The molecule has 1 atom stereocenters. The Morgan fingerprint density at radius 1 is 1.08 bits per heavy atom. The van der Waals surface area contributed by atoms with Crippen molar-refractivity contribution in [1.82, 2.24) is 4.98 Å². The third-order valence-electron chi connectivity index (χ3n) is 4.40. The number of anilines is 1. The minimum Gasteiger partial charge on any atom is -0.378 e. The average molecular weight is 326 g/mol. The first-order valence-electron chi connectivity index (χ1n) is 8.74. The second kappa shape index (κ2) is 8.27. The van der Waals surface area contributed by atoms with Crippen molar-refractivity contribution in [3.63, 3.8) is 0 Å². The van der Waals surface area contributed by atoms with E-state index in [-0.39, 0.29) is 6.10 Å². The van der Waals surface area contributed by atoms with Crippen LogP contribution in [0.5, 0.6) is 0 Å². The van der Waals surface area contributed by atoms with Crippen LogP contribution in [0.25, 0.3) is 0 Å². The van der Waals surface area contributed by atoms with Gasteiger partial charge in [-0.05, 0) is 49.6 Å². The van der Waals surface area contributed by atoms with Crippen LogP contribution in [0, 0.1) is 0 Å². The van der Waals surface area contributed by atoms with Gasteiger partial charge >= 0.3 is 0 Å². The Morgan fingerprint density at radius 2 is 1.79 bits per heavy atom. The summed E-state index contributed by atoms with van der Waals surface area (Å²) in [5.74, 6) is 0. The highest BCUT2D eigenvalue weighted by molar-refractivity contribution is 5.48. The first-order valence-corrected chi connectivity index (χ1v) is 8.74. The Kier molecular flexibility index (Phi) is 5.83. The van der Waals surface area contributed by atoms with Crippen molar-refractivity contribution in [1.29, 1.82) is 0 Å². The molecule has 2 aromatic rings. The molecule has 0 spiro atoms. The molecule has 2 heterocycles. The third kappa shape index (κ3) is 4.34. The fraction of sp³-hybridized carbons (Fsp3) is 0.450. The molecule has 1 aromatic heterocycles. The van der Waals surface area contributed by atoms with Crippen LogP contribution in [0.1, 0.15) is 36.8 Å². The van der Waals surface area contributed by atoms with E-state index in [2.05, 4.69) is 46.3 Å². The van der Waals surface area contributed by atoms with Crippen LogP contribution >= 0.6 is 0 Å². The van der Waals surface area contributed by atoms with Gasteiger partial charge in [-0.3, -0.25) is 4.98 Å². The Balaban J connectivity index is 1.61. The summed E-state index contributed by atoms with van der Waals surface area (Å²) in [6.45, 7) is 8.34. The molecule has 1 aliphatic rings. The highest BCUT2D eigenvalue weighted by Crippen LogP contribution is 2.19. The Bertz CT molecular complexity index is 619. The van der Waals surface area contributed by atoms with E-state index >= 15 is 0 Å². The van der Waals surface area contributed by atoms with E-state index in [4.69, 9.17) is 9.47 Å². The lowest BCUT2D eigenvalue weighted by atomic mass is 10.1. The van der Waals surface area contributed by atoms with Crippen molar-refractivity contribution in [3.05, 3.63) is 59.4 Å². The smallest absolute Gasteiger partial charge is 0.0966 e. The summed E-state index contributed by atoms with van der Waals surface area (Å²) in [5, 5.41) is 0. The van der Waals surface area contributed by atoms with Crippen LogP contribution in [-0.2, 0) is 15.9 Å². The average Bonchev–Trinajstić information content (AvgIpc) is 2.64. The Morgan fingerprint density at radius 3 is 2.42 bits per heavy atom. The maximum absolute atomic E-state index is 5.58. The summed E-state index contributed by atoms with van der Waals surface area (Å²) in [6.07, 6.45) is 2.91. The summed E-state index contributed by atoms with van der Waals surface area (Å²) in [7, 11) is 0. The summed E-state index contributed by atoms with van der Waals surface area (Å²) in [6, 6.07) is 13.0. The molecule has 0 bridgehead atoms. The molecule has 1 aromatic carbocycles. The molecule has 1 unspecified atom stereocenters. The number of pyridine rings is 1. The third-order valence-corrected chi connectivity index (χ3v) is 4.40. The molecular weight excluding hydrogens is 300 g/mol. The van der Waals surface area contributed by atoms with Crippen LogP contribution in [0.4, 0.5) is 5.69 Å². The number of benzene rings is 1. The van der Waals surface area contributed by atoms with Crippen LogP contribution in [0.3, 0.4) is 0 Å². The molecule has 1 saturated heterocycles. The molecule has 24 heavy (non-hydrogen) atoms. The van der Waals surface area contributed by atoms with Crippen molar-refractivity contribution in [2.45, 2.75) is 26.4 Å². The largest absolute Gasteiger partial charge is 0.378 e. The zero-order valence-corrected chi connectivity index (χ0v) is 14.6. The van der Waals surface area contributed by atoms with Gasteiger partial charge in [0.2, 0.25) is 0 Å². The molecule has 4 nitrogen and oxygen atoms in total. The van der Waals surface area contributed by atoms with E-state index in [9.17, 15) is 0 Å². The van der Waals surface area contributed by atoms with Gasteiger partial charge in [0.25, 0.3) is 0 Å². The van der Waals surface area contributed by atoms with Gasteiger partial charge in [0.05, 0.1) is 25.0 Å². The minimum absolute atomic E-state index is 0.0526. The first-order chi connectivity index (χ1) is 11.8. The molecule has 0 saturated carbocycles. The van der Waals surface area contributed by atoms with Crippen molar-refractivity contribution in [2.24, 2.45) is 0 Å². The molecule has 0 radical (unpaired) electrons. The standard InChI is InChI=1S/C20H26N2O2/c1-3-24-16(2)20-9-6-18(15-21-20)14-17-4-7-19(8-5-17)22-10-12-23-13-11-22/h4-9,15-16H,3,10-14H2,1-2H3. The molecule has 1 fully saturated rings. The lowest BCUT2D eigenvalue weighted by molar-refractivity contribution is 0.0733. The zero-order chi connectivity index (χ0) is 16.8. The van der Waals surface area contributed by atoms with Gasteiger partial charge in [0.1, 0.15) is 0 Å². The van der Waals surface area contributed by atoms with Gasteiger partial charge in [-0.1, -0.05) is 18.2 Å². The number of nitrogens with zero attached hydrogens (tertiary/aromatic N) is 2. The van der Waals surface area contributed by atoms with E-state index in [0.29, 0.717) is 6.61 Å². The first kappa shape index (κ1) is 16.9. The molecule has 128 valence electrons. The number of aromatic nitrogens is 1. The maximum atomic E-state index is 5.58. The van der Waals surface area contributed by atoms with Crippen molar-refractivity contribution >= 4 is 5.69 Å². The molecule has 0 aliphatic carbocycles. The molecule has 0 amide bonds. The number of morpholine rings is 1. The highest BCUT2D eigenvalue weighted by Gasteiger charge is 2.11. The quantitative estimate of drug-likeness (QED) is 0.812. The summed E-state index contributed by atoms with van der Waals surface area (Å²) >= 11 is 0. The zero-order valence-electron chi connectivity index (χ0n) is 14.6.